The van der Waals surface area contributed by atoms with Crippen LogP contribution in [0, 0.1) is 5.82 Å². The van der Waals surface area contributed by atoms with E-state index in [1.807, 2.05) is 17.5 Å². The average molecular weight is 419 g/mol. The van der Waals surface area contributed by atoms with Crippen LogP contribution >= 0.6 is 22.9 Å². The summed E-state index contributed by atoms with van der Waals surface area (Å²) in [6, 6.07) is 13.6. The fourth-order valence-corrected chi connectivity index (χ4v) is 3.57. The molecule has 0 saturated carbocycles. The first-order valence-corrected chi connectivity index (χ1v) is 9.50. The molecular weight excluding hydrogens is 403 g/mol. The zero-order chi connectivity index (χ0) is 20.1. The van der Waals surface area contributed by atoms with Gasteiger partial charge in [0, 0.05) is 9.90 Å². The molecule has 2 aromatic carbocycles. The highest BCUT2D eigenvalue weighted by Crippen LogP contribution is 2.26. The molecule has 0 radical (unpaired) electrons. The quantitative estimate of drug-likeness (QED) is 0.610. The van der Waals surface area contributed by atoms with Crippen molar-refractivity contribution >= 4 is 34.8 Å². The maximum atomic E-state index is 13.2. The van der Waals surface area contributed by atoms with Crippen molar-refractivity contribution in [3.63, 3.8) is 0 Å². The average Bonchev–Trinajstić information content (AvgIpc) is 3.20. The van der Waals surface area contributed by atoms with E-state index in [4.69, 9.17) is 22.1 Å². The topological polar surface area (TPSA) is 81.4 Å². The van der Waals surface area contributed by atoms with Gasteiger partial charge in [0.05, 0.1) is 11.6 Å². The Balaban J connectivity index is 1.73. The summed E-state index contributed by atoms with van der Waals surface area (Å²) in [5.41, 5.74) is 6.14. The molecule has 8 heteroatoms. The molecule has 2 amide bonds. The van der Waals surface area contributed by atoms with Crippen molar-refractivity contribution in [2.45, 2.75) is 6.04 Å². The molecule has 0 aliphatic carbocycles. The molecule has 0 fully saturated rings. The number of primary amides is 1. The van der Waals surface area contributed by atoms with Gasteiger partial charge in [-0.25, -0.2) is 4.39 Å². The highest BCUT2D eigenvalue weighted by atomic mass is 35.5. The molecule has 0 bridgehead atoms. The summed E-state index contributed by atoms with van der Waals surface area (Å²) in [7, 11) is 0. The van der Waals surface area contributed by atoms with Crippen LogP contribution in [0.4, 0.5) is 4.39 Å². The molecule has 0 aliphatic rings. The number of rotatable bonds is 7. The van der Waals surface area contributed by atoms with E-state index >= 15 is 0 Å². The van der Waals surface area contributed by atoms with Crippen LogP contribution in [0.1, 0.15) is 26.8 Å². The van der Waals surface area contributed by atoms with Gasteiger partial charge in [0.2, 0.25) is 0 Å². The summed E-state index contributed by atoms with van der Waals surface area (Å²) >= 11 is 7.33. The number of nitrogens with one attached hydrogen (secondary N) is 1. The van der Waals surface area contributed by atoms with Crippen LogP contribution in [0.25, 0.3) is 0 Å². The highest BCUT2D eigenvalue weighted by Gasteiger charge is 2.19. The van der Waals surface area contributed by atoms with Crippen molar-refractivity contribution in [2.75, 3.05) is 6.61 Å². The largest absolute Gasteiger partial charge is 0.483 e. The summed E-state index contributed by atoms with van der Waals surface area (Å²) < 4.78 is 18.7. The highest BCUT2D eigenvalue weighted by molar-refractivity contribution is 7.10. The minimum atomic E-state index is -0.708. The van der Waals surface area contributed by atoms with E-state index in [9.17, 15) is 14.0 Å². The van der Waals surface area contributed by atoms with Gasteiger partial charge in [0.1, 0.15) is 11.6 Å². The number of carbonyl (C=O) groups is 2. The second kappa shape index (κ2) is 8.86. The second-order valence-corrected chi connectivity index (χ2v) is 7.28. The Hall–Kier alpha value is -2.90. The zero-order valence-electron chi connectivity index (χ0n) is 14.5. The Morgan fingerprint density at radius 3 is 2.57 bits per heavy atom. The molecule has 3 aromatic rings. The van der Waals surface area contributed by atoms with Gasteiger partial charge in [-0.05, 0) is 47.3 Å². The third-order valence-electron chi connectivity index (χ3n) is 3.90. The number of carbonyl (C=O) groups excluding carboxylic acids is 2. The molecule has 3 N–H and O–H groups in total. The van der Waals surface area contributed by atoms with Gasteiger partial charge >= 0.3 is 0 Å². The van der Waals surface area contributed by atoms with Crippen molar-refractivity contribution < 1.29 is 18.7 Å². The van der Waals surface area contributed by atoms with Crippen LogP contribution in [-0.2, 0) is 4.79 Å². The molecule has 144 valence electrons. The number of ether oxygens (including phenoxy) is 1. The molecule has 0 unspecified atom stereocenters. The smallest absolute Gasteiger partial charge is 0.258 e. The third kappa shape index (κ3) is 4.88. The van der Waals surface area contributed by atoms with Crippen LogP contribution in [-0.4, -0.2) is 18.4 Å². The number of hydrogen-bond donors (Lipinski definition) is 2. The van der Waals surface area contributed by atoms with E-state index in [0.29, 0.717) is 5.02 Å². The van der Waals surface area contributed by atoms with Gasteiger partial charge < -0.3 is 15.8 Å². The first kappa shape index (κ1) is 19.9. The Morgan fingerprint density at radius 1 is 1.18 bits per heavy atom. The van der Waals surface area contributed by atoms with Gasteiger partial charge in [-0.15, -0.1) is 11.3 Å². The van der Waals surface area contributed by atoms with Gasteiger partial charge in [-0.2, -0.15) is 0 Å². The Labute approximate surface area is 169 Å². The minimum absolute atomic E-state index is 0.0913. The van der Waals surface area contributed by atoms with Crippen LogP contribution in [0.15, 0.2) is 60.0 Å². The number of thiophene rings is 1. The van der Waals surface area contributed by atoms with Gasteiger partial charge in [-0.1, -0.05) is 29.8 Å². The lowest BCUT2D eigenvalue weighted by atomic mass is 10.1. The molecule has 5 nitrogen and oxygen atoms in total. The van der Waals surface area contributed by atoms with Crippen molar-refractivity contribution in [3.8, 4) is 5.75 Å². The molecule has 28 heavy (non-hydrogen) atoms. The predicted molar refractivity (Wildman–Crippen MR) is 106 cm³/mol. The minimum Gasteiger partial charge on any atom is -0.483 e. The van der Waals surface area contributed by atoms with Crippen molar-refractivity contribution in [2.24, 2.45) is 5.73 Å². The van der Waals surface area contributed by atoms with Crippen LogP contribution in [0.3, 0.4) is 0 Å². The Kier molecular flexibility index (Phi) is 6.28. The van der Waals surface area contributed by atoms with E-state index < -0.39 is 17.9 Å². The SMILES string of the molecule is NC(=O)c1cc(Cl)ccc1OCC(=O)N[C@H](c1ccc(F)cc1)c1cccs1. The number of halogens is 2. The Morgan fingerprint density at radius 2 is 1.93 bits per heavy atom. The van der Waals surface area contributed by atoms with Crippen molar-refractivity contribution in [3.05, 3.63) is 86.8 Å². The molecule has 0 aliphatic heterocycles. The summed E-state index contributed by atoms with van der Waals surface area (Å²) in [6.45, 7) is -0.328. The van der Waals surface area contributed by atoms with E-state index in [0.717, 1.165) is 10.4 Å². The van der Waals surface area contributed by atoms with Gasteiger partial charge in [-0.3, -0.25) is 9.59 Å². The zero-order valence-corrected chi connectivity index (χ0v) is 16.1. The number of benzene rings is 2. The number of hydrogen-bond acceptors (Lipinski definition) is 4. The summed E-state index contributed by atoms with van der Waals surface area (Å²) in [5, 5.41) is 5.09. The monoisotopic (exact) mass is 418 g/mol. The lowest BCUT2D eigenvalue weighted by molar-refractivity contribution is -0.123. The summed E-state index contributed by atoms with van der Waals surface area (Å²) in [5.74, 6) is -1.31. The van der Waals surface area contributed by atoms with Crippen LogP contribution in [0.5, 0.6) is 5.75 Å². The molecule has 1 atom stereocenters. The van der Waals surface area contributed by atoms with E-state index in [2.05, 4.69) is 5.32 Å². The maximum Gasteiger partial charge on any atom is 0.258 e. The fourth-order valence-electron chi connectivity index (χ4n) is 2.60. The number of nitrogens with two attached hydrogens (primary N) is 1. The third-order valence-corrected chi connectivity index (χ3v) is 5.07. The molecule has 1 heterocycles. The first-order chi connectivity index (χ1) is 13.4. The summed E-state index contributed by atoms with van der Waals surface area (Å²) in [6.07, 6.45) is 0. The van der Waals surface area contributed by atoms with Gasteiger partial charge in [0.25, 0.3) is 11.8 Å². The maximum absolute atomic E-state index is 13.2. The van der Waals surface area contributed by atoms with Gasteiger partial charge in [0.15, 0.2) is 6.61 Å². The lowest BCUT2D eigenvalue weighted by Crippen LogP contribution is -2.33. The molecule has 0 saturated heterocycles. The number of amides is 2. The molecule has 1 aromatic heterocycles. The van der Waals surface area contributed by atoms with E-state index in [1.54, 1.807) is 12.1 Å². The molecule has 3 rings (SSSR count). The second-order valence-electron chi connectivity index (χ2n) is 5.86. The van der Waals surface area contributed by atoms with E-state index in [1.165, 1.54) is 41.7 Å². The first-order valence-electron chi connectivity index (χ1n) is 8.24. The molecular formula is C20H16ClFN2O3S. The van der Waals surface area contributed by atoms with Crippen LogP contribution < -0.4 is 15.8 Å². The standard InChI is InChI=1S/C20H16ClFN2O3S/c21-13-5-8-16(15(10-13)20(23)26)27-11-18(25)24-19(17-2-1-9-28-17)12-3-6-14(22)7-4-12/h1-10,19H,11H2,(H2,23,26)(H,24,25)/t19-/m1/s1. The Bertz CT molecular complexity index is 978. The predicted octanol–water partition coefficient (Wildman–Crippen LogP) is 3.92. The fraction of sp³-hybridized carbons (Fsp3) is 0.100. The normalized spacial score (nSPS) is 11.6. The van der Waals surface area contributed by atoms with Crippen molar-refractivity contribution in [1.29, 1.82) is 0 Å². The lowest BCUT2D eigenvalue weighted by Gasteiger charge is -2.18. The summed E-state index contributed by atoms with van der Waals surface area (Å²) in [4.78, 5) is 24.9. The van der Waals surface area contributed by atoms with E-state index in [-0.39, 0.29) is 23.7 Å². The van der Waals surface area contributed by atoms with Crippen LogP contribution in [0.2, 0.25) is 5.02 Å². The molecule has 0 spiro atoms. The van der Waals surface area contributed by atoms with Crippen molar-refractivity contribution in [1.82, 2.24) is 5.32 Å².